The number of nitrogens with one attached hydrogen (secondary N) is 1. The lowest BCUT2D eigenvalue weighted by atomic mass is 10.1. The summed E-state index contributed by atoms with van der Waals surface area (Å²) in [5.74, 6) is -0.189. The molecule has 0 saturated heterocycles. The zero-order chi connectivity index (χ0) is 21.6. The number of amides is 1. The molecule has 2 aromatic rings. The summed E-state index contributed by atoms with van der Waals surface area (Å²) in [4.78, 5) is 14.5. The van der Waals surface area contributed by atoms with E-state index in [1.54, 1.807) is 41.3 Å². The summed E-state index contributed by atoms with van der Waals surface area (Å²) in [5.41, 5.74) is 2.21. The van der Waals surface area contributed by atoms with Gasteiger partial charge in [-0.1, -0.05) is 30.3 Å². The van der Waals surface area contributed by atoms with Crippen molar-refractivity contribution in [2.24, 2.45) is 0 Å². The largest absolute Gasteiger partial charge is 0.331 e. The van der Waals surface area contributed by atoms with Crippen LogP contribution in [0, 0.1) is 11.3 Å². The van der Waals surface area contributed by atoms with Crippen LogP contribution >= 0.6 is 0 Å². The fourth-order valence-corrected chi connectivity index (χ4v) is 4.12. The Morgan fingerprint density at radius 1 is 1.17 bits per heavy atom. The number of hydrogen-bond acceptors (Lipinski definition) is 4. The predicted molar refractivity (Wildman–Crippen MR) is 116 cm³/mol. The van der Waals surface area contributed by atoms with Crippen molar-refractivity contribution in [3.05, 3.63) is 84.0 Å². The second-order valence-electron chi connectivity index (χ2n) is 7.11. The third-order valence-electron chi connectivity index (χ3n) is 4.63. The fourth-order valence-electron chi connectivity index (χ4n) is 2.81. The number of benzene rings is 2. The number of nitrogens with zero attached hydrogens (tertiary/aromatic N) is 2. The van der Waals surface area contributed by atoms with Crippen LogP contribution in [0.5, 0.6) is 0 Å². The highest BCUT2D eigenvalue weighted by molar-refractivity contribution is 7.89. The first-order valence-corrected chi connectivity index (χ1v) is 11.1. The lowest BCUT2D eigenvalue weighted by Crippen LogP contribution is -2.29. The lowest BCUT2D eigenvalue weighted by molar-refractivity contribution is -0.126. The Balaban J connectivity index is 1.65. The third kappa shape index (κ3) is 5.89. The molecule has 6 nitrogen and oxygen atoms in total. The number of rotatable bonds is 9. The number of hydrogen-bond donors (Lipinski definition) is 1. The van der Waals surface area contributed by atoms with E-state index in [4.69, 9.17) is 5.26 Å². The number of nitriles is 1. The minimum Gasteiger partial charge on any atom is -0.331 e. The van der Waals surface area contributed by atoms with Crippen LogP contribution in [0.4, 0.5) is 0 Å². The normalized spacial score (nSPS) is 13.7. The minimum absolute atomic E-state index is 0.0548. The Kier molecular flexibility index (Phi) is 6.83. The Labute approximate surface area is 177 Å². The summed E-state index contributed by atoms with van der Waals surface area (Å²) in [6.07, 6.45) is 6.53. The van der Waals surface area contributed by atoms with Gasteiger partial charge in [0.1, 0.15) is 0 Å². The van der Waals surface area contributed by atoms with Crippen LogP contribution in [-0.4, -0.2) is 31.8 Å². The average molecular weight is 422 g/mol. The fraction of sp³-hybridized carbons (Fsp3) is 0.217. The van der Waals surface area contributed by atoms with E-state index in [0.29, 0.717) is 18.7 Å². The van der Waals surface area contributed by atoms with Gasteiger partial charge in [-0.3, -0.25) is 4.79 Å². The molecule has 1 saturated carbocycles. The van der Waals surface area contributed by atoms with Crippen LogP contribution in [0.25, 0.3) is 6.08 Å². The van der Waals surface area contributed by atoms with Gasteiger partial charge in [-0.05, 0) is 54.3 Å². The number of carbonyl (C=O) groups excluding carboxylic acids is 1. The molecule has 1 aliphatic rings. The third-order valence-corrected chi connectivity index (χ3v) is 6.16. The second kappa shape index (κ2) is 9.53. The van der Waals surface area contributed by atoms with Gasteiger partial charge in [0.05, 0.1) is 16.5 Å². The summed E-state index contributed by atoms with van der Waals surface area (Å²) >= 11 is 0. The van der Waals surface area contributed by atoms with Crippen molar-refractivity contribution in [2.75, 3.05) is 6.54 Å². The number of sulfonamides is 1. The van der Waals surface area contributed by atoms with Crippen molar-refractivity contribution < 1.29 is 13.2 Å². The quantitative estimate of drug-likeness (QED) is 0.497. The predicted octanol–water partition coefficient (Wildman–Crippen LogP) is 3.23. The zero-order valence-electron chi connectivity index (χ0n) is 16.5. The molecule has 1 aliphatic carbocycles. The second-order valence-corrected chi connectivity index (χ2v) is 8.83. The van der Waals surface area contributed by atoms with E-state index in [-0.39, 0.29) is 16.8 Å². The molecule has 30 heavy (non-hydrogen) atoms. The van der Waals surface area contributed by atoms with Gasteiger partial charge < -0.3 is 4.90 Å². The molecule has 0 aliphatic heterocycles. The van der Waals surface area contributed by atoms with Crippen LogP contribution in [-0.2, 0) is 21.4 Å². The van der Waals surface area contributed by atoms with Crippen molar-refractivity contribution in [3.8, 4) is 6.07 Å². The summed E-state index contributed by atoms with van der Waals surface area (Å²) in [7, 11) is -3.49. The van der Waals surface area contributed by atoms with Crippen LogP contribution in [0.15, 0.2) is 72.2 Å². The van der Waals surface area contributed by atoms with Gasteiger partial charge in [0.2, 0.25) is 15.9 Å². The van der Waals surface area contributed by atoms with Gasteiger partial charge in [0.25, 0.3) is 0 Å². The molecule has 2 aromatic carbocycles. The smallest absolute Gasteiger partial charge is 0.247 e. The van der Waals surface area contributed by atoms with Gasteiger partial charge in [-0.15, -0.1) is 6.58 Å². The first-order valence-electron chi connectivity index (χ1n) is 9.60. The lowest BCUT2D eigenvalue weighted by Gasteiger charge is -2.19. The minimum atomic E-state index is -3.49. The molecule has 0 spiro atoms. The SMILES string of the molecule is C=CCN(Cc1ccc(C#N)cc1)C(=O)/C=C/c1ccc(S(=O)(=O)NC2CC2)cc1. The van der Waals surface area contributed by atoms with E-state index in [1.165, 1.54) is 18.2 Å². The molecule has 0 atom stereocenters. The van der Waals surface area contributed by atoms with E-state index in [0.717, 1.165) is 24.0 Å². The molecule has 3 rings (SSSR count). The summed E-state index contributed by atoms with van der Waals surface area (Å²) < 4.78 is 27.1. The number of carbonyl (C=O) groups is 1. The molecule has 154 valence electrons. The molecule has 0 aromatic heterocycles. The van der Waals surface area contributed by atoms with Gasteiger partial charge in [0, 0.05) is 25.2 Å². The van der Waals surface area contributed by atoms with E-state index >= 15 is 0 Å². The Hall–Kier alpha value is -3.21. The molecule has 1 amide bonds. The van der Waals surface area contributed by atoms with Crippen LogP contribution in [0.2, 0.25) is 0 Å². The van der Waals surface area contributed by atoms with Crippen molar-refractivity contribution in [1.29, 1.82) is 5.26 Å². The molecule has 0 heterocycles. The highest BCUT2D eigenvalue weighted by Crippen LogP contribution is 2.22. The van der Waals surface area contributed by atoms with E-state index in [2.05, 4.69) is 17.4 Å². The maximum Gasteiger partial charge on any atom is 0.247 e. The molecule has 0 unspecified atom stereocenters. The van der Waals surface area contributed by atoms with Crippen molar-refractivity contribution >= 4 is 22.0 Å². The first-order chi connectivity index (χ1) is 14.4. The van der Waals surface area contributed by atoms with Crippen LogP contribution in [0.1, 0.15) is 29.5 Å². The maximum absolute atomic E-state index is 12.6. The van der Waals surface area contributed by atoms with Gasteiger partial charge in [0.15, 0.2) is 0 Å². The summed E-state index contributed by atoms with van der Waals surface area (Å²) in [6, 6.07) is 15.6. The van der Waals surface area contributed by atoms with Gasteiger partial charge in [-0.25, -0.2) is 13.1 Å². The summed E-state index contributed by atoms with van der Waals surface area (Å²) in [5, 5.41) is 8.89. The molecule has 0 bridgehead atoms. The topological polar surface area (TPSA) is 90.3 Å². The molecule has 1 N–H and O–H groups in total. The van der Waals surface area contributed by atoms with Crippen LogP contribution < -0.4 is 4.72 Å². The monoisotopic (exact) mass is 421 g/mol. The molecule has 0 radical (unpaired) electrons. The van der Waals surface area contributed by atoms with E-state index in [9.17, 15) is 13.2 Å². The first kappa shape index (κ1) is 21.5. The van der Waals surface area contributed by atoms with E-state index in [1.807, 2.05) is 12.1 Å². The molecule has 7 heteroatoms. The van der Waals surface area contributed by atoms with Crippen molar-refractivity contribution in [1.82, 2.24) is 9.62 Å². The molecular weight excluding hydrogens is 398 g/mol. The average Bonchev–Trinajstić information content (AvgIpc) is 3.56. The van der Waals surface area contributed by atoms with E-state index < -0.39 is 10.0 Å². The summed E-state index contributed by atoms with van der Waals surface area (Å²) in [6.45, 7) is 4.48. The highest BCUT2D eigenvalue weighted by atomic mass is 32.2. The standard InChI is InChI=1S/C23H23N3O3S/c1-2-15-26(17-20-5-3-19(16-24)4-6-20)23(27)14-9-18-7-12-22(13-8-18)30(28,29)25-21-10-11-21/h2-9,12-14,21,25H,1,10-11,15,17H2/b14-9+. The Bertz CT molecular complexity index is 1080. The molecule has 1 fully saturated rings. The van der Waals surface area contributed by atoms with Crippen molar-refractivity contribution in [2.45, 2.75) is 30.3 Å². The highest BCUT2D eigenvalue weighted by Gasteiger charge is 2.27. The molecular formula is C23H23N3O3S. The maximum atomic E-state index is 12.6. The Morgan fingerprint density at radius 2 is 1.83 bits per heavy atom. The zero-order valence-corrected chi connectivity index (χ0v) is 17.3. The Morgan fingerprint density at radius 3 is 2.40 bits per heavy atom. The van der Waals surface area contributed by atoms with Crippen molar-refractivity contribution in [3.63, 3.8) is 0 Å². The van der Waals surface area contributed by atoms with Gasteiger partial charge >= 0.3 is 0 Å². The van der Waals surface area contributed by atoms with Crippen LogP contribution in [0.3, 0.4) is 0 Å². The van der Waals surface area contributed by atoms with Gasteiger partial charge in [-0.2, -0.15) is 5.26 Å².